The first-order valence-electron chi connectivity index (χ1n) is 7.27. The second-order valence-electron chi connectivity index (χ2n) is 5.55. The molecule has 3 nitrogen and oxygen atoms in total. The largest absolute Gasteiger partial charge is 0.329 e. The standard InChI is InChI=1S/C17H20N2OS/c1-11-9-16(21-12(11)2)17(20)19-8-7-13-5-3-4-6-14(13)15(19)10-18/h3-6,9,15H,7-8,10,18H2,1-2H3. The summed E-state index contributed by atoms with van der Waals surface area (Å²) in [5, 5.41) is 0. The summed E-state index contributed by atoms with van der Waals surface area (Å²) >= 11 is 1.58. The van der Waals surface area contributed by atoms with Crippen LogP contribution < -0.4 is 5.73 Å². The van der Waals surface area contributed by atoms with Crippen molar-refractivity contribution < 1.29 is 4.79 Å². The van der Waals surface area contributed by atoms with E-state index in [0.29, 0.717) is 6.54 Å². The number of fused-ring (bicyclic) bond motifs is 1. The fraction of sp³-hybridized carbons (Fsp3) is 0.353. The maximum Gasteiger partial charge on any atom is 0.264 e. The third-order valence-electron chi connectivity index (χ3n) is 4.27. The van der Waals surface area contributed by atoms with E-state index in [0.717, 1.165) is 17.8 Å². The van der Waals surface area contributed by atoms with Crippen molar-refractivity contribution >= 4 is 17.2 Å². The summed E-state index contributed by atoms with van der Waals surface area (Å²) in [7, 11) is 0. The first kappa shape index (κ1) is 14.3. The van der Waals surface area contributed by atoms with E-state index < -0.39 is 0 Å². The number of nitrogens with two attached hydrogens (primary N) is 1. The molecule has 0 spiro atoms. The lowest BCUT2D eigenvalue weighted by Gasteiger charge is -2.36. The maximum atomic E-state index is 12.8. The molecular formula is C17H20N2OS. The van der Waals surface area contributed by atoms with Crippen molar-refractivity contribution in [2.45, 2.75) is 26.3 Å². The molecule has 0 fully saturated rings. The number of rotatable bonds is 2. The molecule has 0 saturated heterocycles. The Hall–Kier alpha value is -1.65. The SMILES string of the molecule is Cc1cc(C(=O)N2CCc3ccccc3C2CN)sc1C. The van der Waals surface area contributed by atoms with Crippen LogP contribution >= 0.6 is 11.3 Å². The fourth-order valence-corrected chi connectivity index (χ4v) is 3.96. The van der Waals surface area contributed by atoms with Crippen molar-refractivity contribution in [1.29, 1.82) is 0 Å². The Morgan fingerprint density at radius 1 is 1.38 bits per heavy atom. The Morgan fingerprint density at radius 3 is 2.81 bits per heavy atom. The number of hydrogen-bond donors (Lipinski definition) is 1. The van der Waals surface area contributed by atoms with Crippen LogP contribution in [0, 0.1) is 13.8 Å². The van der Waals surface area contributed by atoms with Gasteiger partial charge in [-0.3, -0.25) is 4.79 Å². The molecular weight excluding hydrogens is 280 g/mol. The Morgan fingerprint density at radius 2 is 2.14 bits per heavy atom. The first-order chi connectivity index (χ1) is 10.1. The van der Waals surface area contributed by atoms with Gasteiger partial charge in [-0.25, -0.2) is 0 Å². The van der Waals surface area contributed by atoms with Gasteiger partial charge < -0.3 is 10.6 Å². The van der Waals surface area contributed by atoms with Crippen molar-refractivity contribution in [2.75, 3.05) is 13.1 Å². The number of aryl methyl sites for hydroxylation is 2. The van der Waals surface area contributed by atoms with E-state index >= 15 is 0 Å². The molecule has 3 rings (SSSR count). The van der Waals surface area contributed by atoms with Gasteiger partial charge in [0.05, 0.1) is 10.9 Å². The highest BCUT2D eigenvalue weighted by Crippen LogP contribution is 2.32. The first-order valence-corrected chi connectivity index (χ1v) is 8.09. The summed E-state index contributed by atoms with van der Waals surface area (Å²) in [6.07, 6.45) is 0.905. The molecule has 1 aromatic carbocycles. The highest BCUT2D eigenvalue weighted by atomic mass is 32.1. The second-order valence-corrected chi connectivity index (χ2v) is 6.81. The van der Waals surface area contributed by atoms with Crippen molar-refractivity contribution in [3.05, 3.63) is 56.8 Å². The summed E-state index contributed by atoms with van der Waals surface area (Å²) in [5.41, 5.74) is 9.67. The smallest absolute Gasteiger partial charge is 0.264 e. The topological polar surface area (TPSA) is 46.3 Å². The third-order valence-corrected chi connectivity index (χ3v) is 5.41. The van der Waals surface area contributed by atoms with Crippen LogP contribution in [0.5, 0.6) is 0 Å². The van der Waals surface area contributed by atoms with Crippen LogP contribution in [-0.4, -0.2) is 23.9 Å². The zero-order chi connectivity index (χ0) is 15.0. The number of hydrogen-bond acceptors (Lipinski definition) is 3. The minimum Gasteiger partial charge on any atom is -0.329 e. The van der Waals surface area contributed by atoms with Crippen molar-refractivity contribution in [2.24, 2.45) is 5.73 Å². The van der Waals surface area contributed by atoms with Crippen LogP contribution in [0.3, 0.4) is 0 Å². The lowest BCUT2D eigenvalue weighted by Crippen LogP contribution is -2.42. The molecule has 1 amide bonds. The number of benzene rings is 1. The van der Waals surface area contributed by atoms with Gasteiger partial charge in [0.1, 0.15) is 0 Å². The molecule has 2 aromatic rings. The van der Waals surface area contributed by atoms with Gasteiger partial charge in [-0.1, -0.05) is 24.3 Å². The lowest BCUT2D eigenvalue weighted by molar-refractivity contribution is 0.0673. The molecule has 1 atom stereocenters. The molecule has 0 saturated carbocycles. The number of carbonyl (C=O) groups is 1. The summed E-state index contributed by atoms with van der Waals surface area (Å²) in [5.74, 6) is 0.112. The molecule has 0 radical (unpaired) electrons. The van der Waals surface area contributed by atoms with E-state index in [-0.39, 0.29) is 11.9 Å². The van der Waals surface area contributed by atoms with Crippen LogP contribution in [0.1, 0.15) is 37.3 Å². The summed E-state index contributed by atoms with van der Waals surface area (Å²) in [6, 6.07) is 10.3. The molecule has 1 aliphatic rings. The number of nitrogens with zero attached hydrogens (tertiary/aromatic N) is 1. The Balaban J connectivity index is 1.94. The van der Waals surface area contributed by atoms with Crippen molar-refractivity contribution in [1.82, 2.24) is 4.90 Å². The maximum absolute atomic E-state index is 12.8. The van der Waals surface area contributed by atoms with Crippen LogP contribution in [0.2, 0.25) is 0 Å². The average molecular weight is 300 g/mol. The van der Waals surface area contributed by atoms with E-state index in [1.54, 1.807) is 11.3 Å². The van der Waals surface area contributed by atoms with Crippen LogP contribution in [0.25, 0.3) is 0 Å². The van der Waals surface area contributed by atoms with Gasteiger partial charge in [0.25, 0.3) is 5.91 Å². The molecule has 2 heterocycles. The number of amides is 1. The van der Waals surface area contributed by atoms with Gasteiger partial charge in [0.15, 0.2) is 0 Å². The van der Waals surface area contributed by atoms with Gasteiger partial charge in [-0.2, -0.15) is 0 Å². The monoisotopic (exact) mass is 300 g/mol. The zero-order valence-corrected chi connectivity index (χ0v) is 13.2. The molecule has 21 heavy (non-hydrogen) atoms. The predicted molar refractivity (Wildman–Crippen MR) is 86.8 cm³/mol. The highest BCUT2D eigenvalue weighted by Gasteiger charge is 2.30. The third kappa shape index (κ3) is 2.49. The minimum absolute atomic E-state index is 0.00911. The predicted octanol–water partition coefficient (Wildman–Crippen LogP) is 3.06. The van der Waals surface area contributed by atoms with Crippen molar-refractivity contribution in [3.63, 3.8) is 0 Å². The van der Waals surface area contributed by atoms with Crippen LogP contribution in [0.4, 0.5) is 0 Å². The second kappa shape index (κ2) is 5.62. The van der Waals surface area contributed by atoms with Gasteiger partial charge >= 0.3 is 0 Å². The van der Waals surface area contributed by atoms with E-state index in [2.05, 4.69) is 32.0 Å². The average Bonchev–Trinajstić information content (AvgIpc) is 2.84. The Labute approximate surface area is 129 Å². The van der Waals surface area contributed by atoms with Gasteiger partial charge in [-0.05, 0) is 43.0 Å². The summed E-state index contributed by atoms with van der Waals surface area (Å²) in [4.78, 5) is 16.8. The van der Waals surface area contributed by atoms with Gasteiger partial charge in [-0.15, -0.1) is 11.3 Å². The molecule has 1 aliphatic heterocycles. The molecule has 2 N–H and O–H groups in total. The molecule has 1 aromatic heterocycles. The zero-order valence-electron chi connectivity index (χ0n) is 12.4. The molecule has 0 aliphatic carbocycles. The molecule has 4 heteroatoms. The molecule has 0 bridgehead atoms. The molecule has 110 valence electrons. The number of thiophene rings is 1. The van der Waals surface area contributed by atoms with Gasteiger partial charge in [0.2, 0.25) is 0 Å². The summed E-state index contributed by atoms with van der Waals surface area (Å²) in [6.45, 7) is 5.32. The quantitative estimate of drug-likeness (QED) is 0.926. The minimum atomic E-state index is -0.00911. The van der Waals surface area contributed by atoms with Gasteiger partial charge in [0, 0.05) is 18.0 Å². The van der Waals surface area contributed by atoms with E-state index in [1.807, 2.05) is 17.0 Å². The number of carbonyl (C=O) groups excluding carboxylic acids is 1. The highest BCUT2D eigenvalue weighted by molar-refractivity contribution is 7.14. The van der Waals surface area contributed by atoms with Crippen molar-refractivity contribution in [3.8, 4) is 0 Å². The normalized spacial score (nSPS) is 17.7. The molecule has 1 unspecified atom stereocenters. The van der Waals surface area contributed by atoms with E-state index in [4.69, 9.17) is 5.73 Å². The fourth-order valence-electron chi connectivity index (χ4n) is 2.97. The lowest BCUT2D eigenvalue weighted by atomic mass is 9.92. The van der Waals surface area contributed by atoms with Crippen LogP contribution in [-0.2, 0) is 6.42 Å². The summed E-state index contributed by atoms with van der Waals surface area (Å²) < 4.78 is 0. The van der Waals surface area contributed by atoms with E-state index in [1.165, 1.54) is 21.6 Å². The van der Waals surface area contributed by atoms with Crippen LogP contribution in [0.15, 0.2) is 30.3 Å². The Kier molecular flexibility index (Phi) is 3.83. The Bertz CT molecular complexity index is 658. The van der Waals surface area contributed by atoms with E-state index in [9.17, 15) is 4.79 Å².